The van der Waals surface area contributed by atoms with Crippen molar-refractivity contribution < 1.29 is 38.0 Å². The van der Waals surface area contributed by atoms with E-state index in [9.17, 15) is 9.59 Å². The molecular weight excluding hydrogens is 408 g/mol. The van der Waals surface area contributed by atoms with Gasteiger partial charge in [-0.15, -0.1) is 0 Å². The molecule has 0 saturated heterocycles. The van der Waals surface area contributed by atoms with Gasteiger partial charge in [0.1, 0.15) is 0 Å². The molecular formula is C21H26N2O8. The van der Waals surface area contributed by atoms with Crippen molar-refractivity contribution in [1.82, 2.24) is 5.32 Å². The van der Waals surface area contributed by atoms with E-state index in [1.54, 1.807) is 12.1 Å². The van der Waals surface area contributed by atoms with Crippen LogP contribution in [-0.2, 0) is 4.79 Å². The van der Waals surface area contributed by atoms with Crippen LogP contribution in [0, 0.1) is 0 Å². The molecule has 168 valence electrons. The summed E-state index contributed by atoms with van der Waals surface area (Å²) >= 11 is 0. The van der Waals surface area contributed by atoms with Crippen LogP contribution in [0.2, 0.25) is 0 Å². The van der Waals surface area contributed by atoms with Gasteiger partial charge in [-0.2, -0.15) is 0 Å². The molecule has 0 spiro atoms. The number of nitrogens with one attached hydrogen (secondary N) is 2. The molecule has 2 amide bonds. The summed E-state index contributed by atoms with van der Waals surface area (Å²) in [5, 5.41) is 5.22. The zero-order valence-electron chi connectivity index (χ0n) is 18.3. The highest BCUT2D eigenvalue weighted by Gasteiger charge is 2.18. The Morgan fingerprint density at radius 2 is 1.10 bits per heavy atom. The third kappa shape index (κ3) is 5.41. The summed E-state index contributed by atoms with van der Waals surface area (Å²) in [5.41, 5.74) is 0.664. The molecule has 0 atom stereocenters. The lowest BCUT2D eigenvalue weighted by atomic mass is 10.1. The molecule has 0 saturated carbocycles. The van der Waals surface area contributed by atoms with Gasteiger partial charge in [0.15, 0.2) is 23.0 Å². The molecule has 2 rings (SSSR count). The normalized spacial score (nSPS) is 10.0. The molecule has 10 heteroatoms. The fraction of sp³-hybridized carbons (Fsp3) is 0.333. The Labute approximate surface area is 180 Å². The van der Waals surface area contributed by atoms with Crippen LogP contribution in [0.3, 0.4) is 0 Å². The molecule has 0 fully saturated rings. The minimum Gasteiger partial charge on any atom is -0.493 e. The number of hydrogen-bond acceptors (Lipinski definition) is 8. The van der Waals surface area contributed by atoms with Gasteiger partial charge in [-0.05, 0) is 12.1 Å². The van der Waals surface area contributed by atoms with Gasteiger partial charge >= 0.3 is 0 Å². The fourth-order valence-corrected chi connectivity index (χ4v) is 2.83. The SMILES string of the molecule is COc1cc(NC(=O)CNC(=O)c2cc(OC)c(OC)c(OC)c2)cc(OC)c1OC. The van der Waals surface area contributed by atoms with Crippen LogP contribution >= 0.6 is 0 Å². The molecule has 0 radical (unpaired) electrons. The molecule has 0 aliphatic carbocycles. The lowest BCUT2D eigenvalue weighted by Crippen LogP contribution is -2.32. The van der Waals surface area contributed by atoms with Crippen LogP contribution in [0.5, 0.6) is 34.5 Å². The number of carbonyl (C=O) groups excluding carboxylic acids is 2. The Bertz CT molecular complexity index is 895. The standard InChI is InChI=1S/C21H26N2O8/c1-26-14-7-12(8-15(27-2)19(14)30-5)21(25)22-11-18(24)23-13-9-16(28-3)20(31-6)17(10-13)29-4/h7-10H,11H2,1-6H3,(H,22,25)(H,23,24). The number of hydrogen-bond donors (Lipinski definition) is 2. The number of carbonyl (C=O) groups is 2. The van der Waals surface area contributed by atoms with Gasteiger partial charge in [0.05, 0.1) is 49.2 Å². The molecule has 2 N–H and O–H groups in total. The molecule has 0 aliphatic heterocycles. The highest BCUT2D eigenvalue weighted by Crippen LogP contribution is 2.40. The van der Waals surface area contributed by atoms with Crippen molar-refractivity contribution in [1.29, 1.82) is 0 Å². The van der Waals surface area contributed by atoms with Gasteiger partial charge < -0.3 is 39.1 Å². The van der Waals surface area contributed by atoms with Crippen molar-refractivity contribution in [3.8, 4) is 34.5 Å². The molecule has 2 aromatic carbocycles. The summed E-state index contributed by atoms with van der Waals surface area (Å²) in [5.74, 6) is 1.26. The predicted octanol–water partition coefficient (Wildman–Crippen LogP) is 2.11. The van der Waals surface area contributed by atoms with E-state index in [1.807, 2.05) is 0 Å². The first-order chi connectivity index (χ1) is 14.9. The van der Waals surface area contributed by atoms with E-state index in [1.165, 1.54) is 54.8 Å². The highest BCUT2D eigenvalue weighted by atomic mass is 16.5. The quantitative estimate of drug-likeness (QED) is 0.585. The average Bonchev–Trinajstić information content (AvgIpc) is 2.80. The summed E-state index contributed by atoms with van der Waals surface area (Å²) in [4.78, 5) is 24.9. The van der Waals surface area contributed by atoms with E-state index in [4.69, 9.17) is 28.4 Å². The van der Waals surface area contributed by atoms with E-state index >= 15 is 0 Å². The summed E-state index contributed by atoms with van der Waals surface area (Å²) in [6, 6.07) is 6.15. The number of ether oxygens (including phenoxy) is 6. The summed E-state index contributed by atoms with van der Waals surface area (Å²) in [7, 11) is 8.79. The van der Waals surface area contributed by atoms with Crippen molar-refractivity contribution in [2.45, 2.75) is 0 Å². The van der Waals surface area contributed by atoms with Crippen LogP contribution in [0.1, 0.15) is 10.4 Å². The third-order valence-corrected chi connectivity index (χ3v) is 4.28. The second-order valence-corrected chi connectivity index (χ2v) is 6.06. The largest absolute Gasteiger partial charge is 0.493 e. The smallest absolute Gasteiger partial charge is 0.251 e. The average molecular weight is 434 g/mol. The van der Waals surface area contributed by atoms with Crippen molar-refractivity contribution in [3.63, 3.8) is 0 Å². The van der Waals surface area contributed by atoms with Crippen LogP contribution in [-0.4, -0.2) is 61.0 Å². The van der Waals surface area contributed by atoms with Crippen LogP contribution in [0.4, 0.5) is 5.69 Å². The second-order valence-electron chi connectivity index (χ2n) is 6.06. The van der Waals surface area contributed by atoms with Gasteiger partial charge in [-0.3, -0.25) is 9.59 Å². The number of anilines is 1. The number of methoxy groups -OCH3 is 6. The van der Waals surface area contributed by atoms with E-state index in [-0.39, 0.29) is 12.1 Å². The third-order valence-electron chi connectivity index (χ3n) is 4.28. The first-order valence-electron chi connectivity index (χ1n) is 9.10. The van der Waals surface area contributed by atoms with E-state index in [2.05, 4.69) is 10.6 Å². The summed E-state index contributed by atoms with van der Waals surface area (Å²) < 4.78 is 31.5. The van der Waals surface area contributed by atoms with Crippen molar-refractivity contribution in [3.05, 3.63) is 29.8 Å². The first kappa shape index (κ1) is 23.5. The minimum atomic E-state index is -0.487. The van der Waals surface area contributed by atoms with Crippen LogP contribution in [0.15, 0.2) is 24.3 Å². The molecule has 0 aromatic heterocycles. The number of amides is 2. The van der Waals surface area contributed by atoms with Crippen LogP contribution < -0.4 is 39.1 Å². The molecule has 0 unspecified atom stereocenters. The van der Waals surface area contributed by atoms with Crippen molar-refractivity contribution >= 4 is 17.5 Å². The molecule has 0 heterocycles. The molecule has 10 nitrogen and oxygen atoms in total. The minimum absolute atomic E-state index is 0.245. The number of benzene rings is 2. The Balaban J connectivity index is 2.10. The maximum Gasteiger partial charge on any atom is 0.251 e. The van der Waals surface area contributed by atoms with E-state index < -0.39 is 11.8 Å². The lowest BCUT2D eigenvalue weighted by molar-refractivity contribution is -0.115. The zero-order valence-corrected chi connectivity index (χ0v) is 18.3. The Morgan fingerprint density at radius 3 is 1.48 bits per heavy atom. The first-order valence-corrected chi connectivity index (χ1v) is 9.10. The predicted molar refractivity (Wildman–Crippen MR) is 113 cm³/mol. The van der Waals surface area contributed by atoms with Gasteiger partial charge in [0.25, 0.3) is 5.91 Å². The van der Waals surface area contributed by atoms with Crippen molar-refractivity contribution in [2.75, 3.05) is 54.5 Å². The van der Waals surface area contributed by atoms with Crippen LogP contribution in [0.25, 0.3) is 0 Å². The molecule has 0 aliphatic rings. The van der Waals surface area contributed by atoms with E-state index in [0.29, 0.717) is 40.2 Å². The molecule has 0 bridgehead atoms. The maximum absolute atomic E-state index is 12.5. The maximum atomic E-state index is 12.5. The van der Waals surface area contributed by atoms with E-state index in [0.717, 1.165) is 0 Å². The fourth-order valence-electron chi connectivity index (χ4n) is 2.83. The Morgan fingerprint density at radius 1 is 0.677 bits per heavy atom. The Kier molecular flexibility index (Phi) is 8.18. The van der Waals surface area contributed by atoms with Crippen molar-refractivity contribution in [2.24, 2.45) is 0 Å². The topological polar surface area (TPSA) is 114 Å². The lowest BCUT2D eigenvalue weighted by Gasteiger charge is -2.15. The summed E-state index contributed by atoms with van der Waals surface area (Å²) in [6.07, 6.45) is 0. The Hall–Kier alpha value is -3.82. The second kappa shape index (κ2) is 10.8. The highest BCUT2D eigenvalue weighted by molar-refractivity contribution is 6.00. The van der Waals surface area contributed by atoms with Gasteiger partial charge in [-0.25, -0.2) is 0 Å². The molecule has 31 heavy (non-hydrogen) atoms. The molecule has 2 aromatic rings. The van der Waals surface area contributed by atoms with Gasteiger partial charge in [0.2, 0.25) is 17.4 Å². The zero-order chi connectivity index (χ0) is 23.0. The summed E-state index contributed by atoms with van der Waals surface area (Å²) in [6.45, 7) is -0.272. The van der Waals surface area contributed by atoms with Gasteiger partial charge in [0, 0.05) is 23.4 Å². The van der Waals surface area contributed by atoms with Gasteiger partial charge in [-0.1, -0.05) is 0 Å². The monoisotopic (exact) mass is 434 g/mol. The number of rotatable bonds is 10.